The van der Waals surface area contributed by atoms with E-state index in [0.29, 0.717) is 11.5 Å². The molecule has 1 saturated heterocycles. The SMILES string of the molecule is CC(C)N1CC2CC2(c2cc3cc(c2)C/N=C\C=C/3)C1. The molecule has 0 aromatic heterocycles. The Kier molecular flexibility index (Phi) is 2.65. The minimum Gasteiger partial charge on any atom is -0.300 e. The van der Waals surface area contributed by atoms with Crippen molar-refractivity contribution in [2.75, 3.05) is 13.1 Å². The van der Waals surface area contributed by atoms with Crippen LogP contribution in [-0.4, -0.2) is 30.2 Å². The zero-order chi connectivity index (χ0) is 13.7. The molecule has 1 aromatic carbocycles. The van der Waals surface area contributed by atoms with Gasteiger partial charge in [0.1, 0.15) is 0 Å². The number of piperidine rings is 1. The molecule has 2 nitrogen and oxygen atoms in total. The van der Waals surface area contributed by atoms with Crippen molar-refractivity contribution in [1.82, 2.24) is 4.90 Å². The highest BCUT2D eigenvalue weighted by Gasteiger charge is 2.60. The first-order chi connectivity index (χ1) is 9.67. The summed E-state index contributed by atoms with van der Waals surface area (Å²) in [4.78, 5) is 7.07. The van der Waals surface area contributed by atoms with E-state index in [1.165, 1.54) is 30.6 Å². The Balaban J connectivity index is 1.69. The zero-order valence-electron chi connectivity index (χ0n) is 12.3. The predicted octanol–water partition coefficient (Wildman–Crippen LogP) is 3.27. The van der Waals surface area contributed by atoms with Gasteiger partial charge in [-0.1, -0.05) is 18.2 Å². The summed E-state index contributed by atoms with van der Waals surface area (Å²) in [6.45, 7) is 7.97. The van der Waals surface area contributed by atoms with Gasteiger partial charge in [0.05, 0.1) is 6.54 Å². The molecule has 0 radical (unpaired) electrons. The molecule has 0 N–H and O–H groups in total. The van der Waals surface area contributed by atoms with Gasteiger partial charge >= 0.3 is 0 Å². The lowest BCUT2D eigenvalue weighted by atomic mass is 9.91. The average Bonchev–Trinajstić information content (AvgIpc) is 2.99. The molecule has 3 aliphatic rings. The van der Waals surface area contributed by atoms with Gasteiger partial charge in [-0.2, -0.15) is 0 Å². The third-order valence-corrected chi connectivity index (χ3v) is 5.25. The van der Waals surface area contributed by atoms with Crippen molar-refractivity contribution in [3.63, 3.8) is 0 Å². The maximum absolute atomic E-state index is 4.43. The lowest BCUT2D eigenvalue weighted by Crippen LogP contribution is -2.32. The maximum atomic E-state index is 4.43. The second-order valence-electron chi connectivity index (χ2n) is 6.89. The van der Waals surface area contributed by atoms with Crippen molar-refractivity contribution < 1.29 is 0 Å². The summed E-state index contributed by atoms with van der Waals surface area (Å²) < 4.78 is 0. The van der Waals surface area contributed by atoms with E-state index in [1.807, 2.05) is 6.21 Å². The first-order valence-electron chi connectivity index (χ1n) is 7.72. The first-order valence-corrected chi connectivity index (χ1v) is 7.72. The van der Waals surface area contributed by atoms with E-state index in [1.54, 1.807) is 5.56 Å². The van der Waals surface area contributed by atoms with E-state index >= 15 is 0 Å². The number of allylic oxidation sites excluding steroid dienone is 1. The Morgan fingerprint density at radius 3 is 3.00 bits per heavy atom. The number of rotatable bonds is 2. The molecule has 0 amide bonds. The topological polar surface area (TPSA) is 15.6 Å². The fourth-order valence-corrected chi connectivity index (χ4v) is 3.93. The van der Waals surface area contributed by atoms with E-state index in [4.69, 9.17) is 0 Å². The van der Waals surface area contributed by atoms with Crippen LogP contribution in [0.5, 0.6) is 0 Å². The van der Waals surface area contributed by atoms with E-state index < -0.39 is 0 Å². The highest BCUT2D eigenvalue weighted by molar-refractivity contribution is 5.79. The molecule has 1 aliphatic carbocycles. The summed E-state index contributed by atoms with van der Waals surface area (Å²) in [5, 5.41) is 0. The number of nitrogens with zero attached hydrogens (tertiary/aromatic N) is 2. The molecule has 2 heteroatoms. The van der Waals surface area contributed by atoms with Gasteiger partial charge in [0.15, 0.2) is 0 Å². The molecule has 20 heavy (non-hydrogen) atoms. The van der Waals surface area contributed by atoms with Crippen LogP contribution < -0.4 is 0 Å². The van der Waals surface area contributed by atoms with Gasteiger partial charge in [-0.15, -0.1) is 0 Å². The summed E-state index contributed by atoms with van der Waals surface area (Å²) >= 11 is 0. The summed E-state index contributed by atoms with van der Waals surface area (Å²) in [6.07, 6.45) is 7.53. The minimum absolute atomic E-state index is 0.450. The lowest BCUT2D eigenvalue weighted by Gasteiger charge is -2.25. The highest BCUT2D eigenvalue weighted by Crippen LogP contribution is 2.59. The molecular formula is C18H22N2. The van der Waals surface area contributed by atoms with Crippen LogP contribution in [0.25, 0.3) is 6.08 Å². The molecule has 2 atom stereocenters. The predicted molar refractivity (Wildman–Crippen MR) is 84.2 cm³/mol. The third-order valence-electron chi connectivity index (χ3n) is 5.25. The standard InChI is InChI=1S/C18H22N2/c1-13(2)20-11-17-9-18(17,12-20)16-7-14-4-3-5-19-10-15(6-14)8-16/h3-8,13,17H,9-12H2,1-2H3/b4-3-,19-5-. The Morgan fingerprint density at radius 1 is 1.30 bits per heavy atom. The summed E-state index contributed by atoms with van der Waals surface area (Å²) in [7, 11) is 0. The second-order valence-corrected chi connectivity index (χ2v) is 6.89. The van der Waals surface area contributed by atoms with Gasteiger partial charge in [0.2, 0.25) is 0 Å². The first kappa shape index (κ1) is 12.3. The van der Waals surface area contributed by atoms with Crippen LogP contribution in [0.4, 0.5) is 0 Å². The molecule has 2 heterocycles. The highest BCUT2D eigenvalue weighted by atomic mass is 15.2. The summed E-state index contributed by atoms with van der Waals surface area (Å²) in [6, 6.07) is 7.76. The minimum atomic E-state index is 0.450. The van der Waals surface area contributed by atoms with Crippen LogP contribution in [0.3, 0.4) is 0 Å². The zero-order valence-corrected chi connectivity index (χ0v) is 12.3. The van der Waals surface area contributed by atoms with E-state index in [-0.39, 0.29) is 0 Å². The fourth-order valence-electron chi connectivity index (χ4n) is 3.93. The van der Waals surface area contributed by atoms with Gasteiger partial charge in [0.25, 0.3) is 0 Å². The van der Waals surface area contributed by atoms with Gasteiger partial charge in [-0.3, -0.25) is 9.89 Å². The Morgan fingerprint density at radius 2 is 2.20 bits per heavy atom. The number of benzene rings is 1. The quantitative estimate of drug-likeness (QED) is 0.802. The van der Waals surface area contributed by atoms with E-state index in [9.17, 15) is 0 Å². The van der Waals surface area contributed by atoms with Crippen LogP contribution in [0.2, 0.25) is 0 Å². The largest absolute Gasteiger partial charge is 0.300 e. The molecular weight excluding hydrogens is 244 g/mol. The Bertz CT molecular complexity index is 599. The molecule has 104 valence electrons. The van der Waals surface area contributed by atoms with Crippen molar-refractivity contribution >= 4 is 12.3 Å². The number of likely N-dealkylation sites (tertiary alicyclic amines) is 1. The molecule has 2 unspecified atom stereocenters. The fraction of sp³-hybridized carbons (Fsp3) is 0.500. The summed E-state index contributed by atoms with van der Waals surface area (Å²) in [5.74, 6) is 0.878. The normalized spacial score (nSPS) is 34.5. The van der Waals surface area contributed by atoms with Crippen LogP contribution in [0.1, 0.15) is 37.0 Å². The monoisotopic (exact) mass is 266 g/mol. The third kappa shape index (κ3) is 1.86. The second kappa shape index (κ2) is 4.29. The Hall–Kier alpha value is -1.41. The van der Waals surface area contributed by atoms with Gasteiger partial charge in [-0.25, -0.2) is 0 Å². The van der Waals surface area contributed by atoms with Crippen molar-refractivity contribution in [3.05, 3.63) is 41.0 Å². The molecule has 2 aliphatic heterocycles. The number of fused-ring (bicyclic) bond motifs is 3. The van der Waals surface area contributed by atoms with Gasteiger partial charge < -0.3 is 0 Å². The van der Waals surface area contributed by atoms with Crippen LogP contribution >= 0.6 is 0 Å². The molecule has 1 aromatic rings. The molecule has 2 bridgehead atoms. The molecule has 0 spiro atoms. The van der Waals surface area contributed by atoms with Gasteiger partial charge in [-0.05, 0) is 55.0 Å². The van der Waals surface area contributed by atoms with Crippen molar-refractivity contribution in [1.29, 1.82) is 0 Å². The number of hydrogen-bond acceptors (Lipinski definition) is 2. The van der Waals surface area contributed by atoms with Crippen molar-refractivity contribution in [2.24, 2.45) is 10.9 Å². The molecule has 4 rings (SSSR count). The smallest absolute Gasteiger partial charge is 0.0640 e. The van der Waals surface area contributed by atoms with Crippen molar-refractivity contribution in [2.45, 2.75) is 38.3 Å². The van der Waals surface area contributed by atoms with Crippen molar-refractivity contribution in [3.8, 4) is 0 Å². The average molecular weight is 266 g/mol. The van der Waals surface area contributed by atoms with Gasteiger partial charge in [0, 0.05) is 30.8 Å². The lowest BCUT2D eigenvalue weighted by molar-refractivity contribution is 0.243. The molecule has 2 fully saturated rings. The summed E-state index contributed by atoms with van der Waals surface area (Å²) in [5.41, 5.74) is 4.71. The van der Waals surface area contributed by atoms with Crippen LogP contribution in [0, 0.1) is 5.92 Å². The van der Waals surface area contributed by atoms with Crippen LogP contribution in [0.15, 0.2) is 29.3 Å². The molecule has 1 saturated carbocycles. The van der Waals surface area contributed by atoms with Crippen LogP contribution in [-0.2, 0) is 12.0 Å². The van der Waals surface area contributed by atoms with E-state index in [0.717, 1.165) is 12.5 Å². The number of hydrogen-bond donors (Lipinski definition) is 0. The Labute approximate surface area is 121 Å². The number of aliphatic imine (C=N–C) groups is 1. The maximum Gasteiger partial charge on any atom is 0.0640 e. The van der Waals surface area contributed by atoms with E-state index in [2.05, 4.69) is 54.1 Å².